The Kier molecular flexibility index (Phi) is 3.54. The molecule has 92 valence electrons. The minimum Gasteiger partial charge on any atom is -0.480 e. The largest absolute Gasteiger partial charge is 0.480 e. The van der Waals surface area contributed by atoms with Gasteiger partial charge < -0.3 is 15.7 Å². The zero-order chi connectivity index (χ0) is 12.5. The third-order valence-electron chi connectivity index (χ3n) is 3.10. The van der Waals surface area contributed by atoms with Gasteiger partial charge in [0.1, 0.15) is 6.04 Å². The number of carboxylic acid groups (broad SMARTS) is 1. The number of aliphatic carboxylic acids is 1. The molecule has 1 aliphatic heterocycles. The van der Waals surface area contributed by atoms with E-state index in [1.807, 2.05) is 4.90 Å². The quantitative estimate of drug-likeness (QED) is 0.645. The van der Waals surface area contributed by atoms with Gasteiger partial charge in [0, 0.05) is 26.7 Å². The van der Waals surface area contributed by atoms with Crippen LogP contribution in [0.5, 0.6) is 0 Å². The third-order valence-corrected chi connectivity index (χ3v) is 3.10. The molecule has 1 rings (SSSR count). The third kappa shape index (κ3) is 2.33. The average Bonchev–Trinajstić information content (AvgIpc) is 2.19. The van der Waals surface area contributed by atoms with Gasteiger partial charge in [-0.3, -0.25) is 14.5 Å². The molecule has 1 saturated heterocycles. The molecular weight excluding hydrogens is 210 g/mol. The summed E-state index contributed by atoms with van der Waals surface area (Å²) in [5, 5.41) is 8.75. The van der Waals surface area contributed by atoms with Crippen LogP contribution in [0, 0.1) is 0 Å². The number of likely N-dealkylation sites (N-methyl/N-ethyl adjacent to an activating group) is 1. The van der Waals surface area contributed by atoms with Crippen molar-refractivity contribution in [1.82, 2.24) is 9.80 Å². The highest BCUT2D eigenvalue weighted by Crippen LogP contribution is 2.21. The van der Waals surface area contributed by atoms with Gasteiger partial charge in [-0.2, -0.15) is 0 Å². The lowest BCUT2D eigenvalue weighted by Gasteiger charge is -2.45. The van der Waals surface area contributed by atoms with Crippen LogP contribution in [0.25, 0.3) is 0 Å². The van der Waals surface area contributed by atoms with Gasteiger partial charge in [-0.1, -0.05) is 0 Å². The van der Waals surface area contributed by atoms with Gasteiger partial charge >= 0.3 is 5.97 Å². The SMILES string of the molecule is CN1CCN(CC(N)C(=O)O)C(C)(C)C1=O. The molecule has 16 heavy (non-hydrogen) atoms. The molecule has 3 N–H and O–H groups in total. The predicted molar refractivity (Wildman–Crippen MR) is 58.9 cm³/mol. The first kappa shape index (κ1) is 12.9. The van der Waals surface area contributed by atoms with E-state index in [9.17, 15) is 9.59 Å². The Morgan fingerprint density at radius 1 is 1.56 bits per heavy atom. The van der Waals surface area contributed by atoms with Gasteiger partial charge in [-0.05, 0) is 13.8 Å². The molecule has 6 nitrogen and oxygen atoms in total. The maximum atomic E-state index is 11.9. The number of carbonyl (C=O) groups is 2. The highest BCUT2D eigenvalue weighted by molar-refractivity contribution is 5.86. The summed E-state index contributed by atoms with van der Waals surface area (Å²) < 4.78 is 0. The van der Waals surface area contributed by atoms with Crippen molar-refractivity contribution in [2.45, 2.75) is 25.4 Å². The average molecular weight is 229 g/mol. The van der Waals surface area contributed by atoms with Crippen LogP contribution in [0.2, 0.25) is 0 Å². The van der Waals surface area contributed by atoms with E-state index in [1.54, 1.807) is 25.8 Å². The predicted octanol–water partition coefficient (Wildman–Crippen LogP) is -1.05. The fourth-order valence-electron chi connectivity index (χ4n) is 1.89. The highest BCUT2D eigenvalue weighted by atomic mass is 16.4. The Morgan fingerprint density at radius 3 is 2.62 bits per heavy atom. The number of hydrogen-bond donors (Lipinski definition) is 2. The molecule has 6 heteroatoms. The second-order valence-electron chi connectivity index (χ2n) is 4.68. The zero-order valence-corrected chi connectivity index (χ0v) is 9.93. The molecule has 0 radical (unpaired) electrons. The monoisotopic (exact) mass is 229 g/mol. The lowest BCUT2D eigenvalue weighted by Crippen LogP contribution is -2.64. The standard InChI is InChI=1S/C10H19N3O3/c1-10(2)9(16)12(3)4-5-13(10)6-7(11)8(14)15/h7H,4-6,11H2,1-3H3,(H,14,15). The Bertz CT molecular complexity index is 304. The molecule has 0 spiro atoms. The zero-order valence-electron chi connectivity index (χ0n) is 9.93. The summed E-state index contributed by atoms with van der Waals surface area (Å²) in [6, 6.07) is -0.949. The Morgan fingerprint density at radius 2 is 2.12 bits per heavy atom. The van der Waals surface area contributed by atoms with Gasteiger partial charge in [-0.25, -0.2) is 0 Å². The fraction of sp³-hybridized carbons (Fsp3) is 0.800. The number of carbonyl (C=O) groups excluding carboxylic acids is 1. The fourth-order valence-corrected chi connectivity index (χ4v) is 1.89. The van der Waals surface area contributed by atoms with Crippen LogP contribution in [-0.4, -0.2) is 65.0 Å². The molecule has 1 aliphatic rings. The first-order chi connectivity index (χ1) is 7.26. The number of amides is 1. The molecule has 1 unspecified atom stereocenters. The van der Waals surface area contributed by atoms with Crippen molar-refractivity contribution in [3.63, 3.8) is 0 Å². The Hall–Kier alpha value is -1.14. The molecule has 0 aliphatic carbocycles. The second kappa shape index (κ2) is 4.39. The first-order valence-electron chi connectivity index (χ1n) is 5.26. The molecule has 0 bridgehead atoms. The van der Waals surface area contributed by atoms with Crippen molar-refractivity contribution in [2.75, 3.05) is 26.7 Å². The number of carboxylic acids is 1. The lowest BCUT2D eigenvalue weighted by molar-refractivity contribution is -0.149. The van der Waals surface area contributed by atoms with Crippen LogP contribution in [0.15, 0.2) is 0 Å². The van der Waals surface area contributed by atoms with E-state index < -0.39 is 17.6 Å². The summed E-state index contributed by atoms with van der Waals surface area (Å²) in [6.45, 7) is 5.03. The van der Waals surface area contributed by atoms with Crippen molar-refractivity contribution in [3.05, 3.63) is 0 Å². The minimum atomic E-state index is -1.04. The highest BCUT2D eigenvalue weighted by Gasteiger charge is 2.41. The van der Waals surface area contributed by atoms with E-state index in [0.29, 0.717) is 13.1 Å². The molecule has 1 fully saturated rings. The van der Waals surface area contributed by atoms with E-state index in [1.165, 1.54) is 0 Å². The molecule has 0 aromatic heterocycles. The Labute approximate surface area is 95.0 Å². The van der Waals surface area contributed by atoms with Gasteiger partial charge in [0.15, 0.2) is 0 Å². The lowest BCUT2D eigenvalue weighted by atomic mass is 9.97. The maximum absolute atomic E-state index is 11.9. The number of nitrogens with two attached hydrogens (primary N) is 1. The van der Waals surface area contributed by atoms with E-state index in [4.69, 9.17) is 10.8 Å². The van der Waals surface area contributed by atoms with Crippen LogP contribution in [0.1, 0.15) is 13.8 Å². The summed E-state index contributed by atoms with van der Waals surface area (Å²) in [7, 11) is 1.75. The van der Waals surface area contributed by atoms with Gasteiger partial charge in [-0.15, -0.1) is 0 Å². The number of hydrogen-bond acceptors (Lipinski definition) is 4. The molecule has 1 atom stereocenters. The van der Waals surface area contributed by atoms with Crippen LogP contribution in [-0.2, 0) is 9.59 Å². The van der Waals surface area contributed by atoms with Crippen LogP contribution >= 0.6 is 0 Å². The number of rotatable bonds is 3. The van der Waals surface area contributed by atoms with E-state index in [2.05, 4.69) is 0 Å². The van der Waals surface area contributed by atoms with Crippen molar-refractivity contribution in [3.8, 4) is 0 Å². The van der Waals surface area contributed by atoms with Gasteiger partial charge in [0.2, 0.25) is 5.91 Å². The van der Waals surface area contributed by atoms with Crippen molar-refractivity contribution < 1.29 is 14.7 Å². The molecular formula is C10H19N3O3. The van der Waals surface area contributed by atoms with Crippen molar-refractivity contribution in [2.24, 2.45) is 5.73 Å². The summed E-state index contributed by atoms with van der Waals surface area (Å²) >= 11 is 0. The summed E-state index contributed by atoms with van der Waals surface area (Å²) in [6.07, 6.45) is 0. The summed E-state index contributed by atoms with van der Waals surface area (Å²) in [5.74, 6) is -1.04. The van der Waals surface area contributed by atoms with Gasteiger partial charge in [0.25, 0.3) is 0 Å². The minimum absolute atomic E-state index is 0.00339. The molecule has 1 amide bonds. The van der Waals surface area contributed by atoms with E-state index in [-0.39, 0.29) is 12.5 Å². The Balaban J connectivity index is 2.74. The molecule has 0 aromatic carbocycles. The maximum Gasteiger partial charge on any atom is 0.321 e. The van der Waals surface area contributed by atoms with Gasteiger partial charge in [0.05, 0.1) is 5.54 Å². The number of piperazine rings is 1. The van der Waals surface area contributed by atoms with Crippen LogP contribution in [0.3, 0.4) is 0 Å². The topological polar surface area (TPSA) is 86.9 Å². The molecule has 0 aromatic rings. The second-order valence-corrected chi connectivity index (χ2v) is 4.68. The first-order valence-corrected chi connectivity index (χ1v) is 5.26. The van der Waals surface area contributed by atoms with E-state index >= 15 is 0 Å². The molecule has 0 saturated carbocycles. The summed E-state index contributed by atoms with van der Waals surface area (Å²) in [5.41, 5.74) is 4.80. The van der Waals surface area contributed by atoms with Crippen LogP contribution in [0.4, 0.5) is 0 Å². The van der Waals surface area contributed by atoms with Crippen molar-refractivity contribution in [1.29, 1.82) is 0 Å². The van der Waals surface area contributed by atoms with Crippen molar-refractivity contribution >= 4 is 11.9 Å². The summed E-state index contributed by atoms with van der Waals surface area (Å²) in [4.78, 5) is 26.1. The normalized spacial score (nSPS) is 23.2. The number of nitrogens with zero attached hydrogens (tertiary/aromatic N) is 2. The van der Waals surface area contributed by atoms with E-state index in [0.717, 1.165) is 0 Å². The molecule has 1 heterocycles. The van der Waals surface area contributed by atoms with Crippen LogP contribution < -0.4 is 5.73 Å². The smallest absolute Gasteiger partial charge is 0.321 e.